The van der Waals surface area contributed by atoms with Crippen LogP contribution in [0.3, 0.4) is 0 Å². The van der Waals surface area contributed by atoms with E-state index in [1.54, 1.807) is 18.1 Å². The zero-order valence-electron chi connectivity index (χ0n) is 9.31. The molecule has 1 saturated carbocycles. The minimum absolute atomic E-state index is 0.0291. The molecule has 1 unspecified atom stereocenters. The molecule has 0 saturated heterocycles. The minimum Gasteiger partial charge on any atom is -0.312 e. The Hall–Kier alpha value is -1.10. The van der Waals surface area contributed by atoms with Gasteiger partial charge in [0.1, 0.15) is 6.33 Å². The fourth-order valence-corrected chi connectivity index (χ4v) is 1.87. The number of hydrogen-bond acceptors (Lipinski definition) is 3. The van der Waals surface area contributed by atoms with Crippen molar-refractivity contribution in [3.05, 3.63) is 16.8 Å². The van der Waals surface area contributed by atoms with E-state index in [0.717, 1.165) is 12.5 Å². The second-order valence-electron chi connectivity index (χ2n) is 4.21. The quantitative estimate of drug-likeness (QED) is 0.742. The van der Waals surface area contributed by atoms with Crippen molar-refractivity contribution < 1.29 is 0 Å². The topological polar surface area (TPSA) is 51.9 Å². The highest BCUT2D eigenvalue weighted by Gasteiger charge is 2.31. The first-order chi connectivity index (χ1) is 7.22. The first-order valence-electron chi connectivity index (χ1n) is 5.54. The van der Waals surface area contributed by atoms with Crippen molar-refractivity contribution in [2.75, 3.05) is 6.54 Å². The number of hydrogen-bond donors (Lipinski definition) is 1. The Balaban J connectivity index is 2.05. The Labute approximate surface area is 89.1 Å². The van der Waals surface area contributed by atoms with E-state index in [1.807, 2.05) is 0 Å². The highest BCUT2D eigenvalue weighted by molar-refractivity contribution is 4.86. The largest absolute Gasteiger partial charge is 0.345 e. The molecule has 0 aromatic carbocycles. The van der Waals surface area contributed by atoms with Gasteiger partial charge in [0.25, 0.3) is 0 Å². The van der Waals surface area contributed by atoms with Crippen molar-refractivity contribution in [3.8, 4) is 0 Å². The van der Waals surface area contributed by atoms with E-state index in [4.69, 9.17) is 0 Å². The number of likely N-dealkylation sites (N-methyl/N-ethyl adjacent to an activating group) is 1. The third-order valence-corrected chi connectivity index (χ3v) is 2.91. The molecule has 5 heteroatoms. The number of aromatic nitrogens is 3. The molecular weight excluding hydrogens is 192 g/mol. The zero-order chi connectivity index (χ0) is 10.8. The number of aryl methyl sites for hydroxylation is 1. The molecule has 0 aliphatic heterocycles. The predicted octanol–water partition coefficient (Wildman–Crippen LogP) is -0.0301. The van der Waals surface area contributed by atoms with Crippen molar-refractivity contribution >= 4 is 0 Å². The van der Waals surface area contributed by atoms with Crippen LogP contribution in [-0.4, -0.2) is 26.9 Å². The lowest BCUT2D eigenvalue weighted by Gasteiger charge is -2.16. The lowest BCUT2D eigenvalue weighted by atomic mass is 10.2. The third-order valence-electron chi connectivity index (χ3n) is 2.91. The van der Waals surface area contributed by atoms with Gasteiger partial charge in [0, 0.05) is 13.1 Å². The molecule has 84 valence electrons. The Kier molecular flexibility index (Phi) is 2.90. The van der Waals surface area contributed by atoms with Gasteiger partial charge < -0.3 is 5.32 Å². The van der Waals surface area contributed by atoms with E-state index in [9.17, 15) is 4.79 Å². The zero-order valence-corrected chi connectivity index (χ0v) is 9.31. The van der Waals surface area contributed by atoms with E-state index < -0.39 is 0 Å². The van der Waals surface area contributed by atoms with Gasteiger partial charge >= 0.3 is 5.69 Å². The molecule has 1 fully saturated rings. The van der Waals surface area contributed by atoms with Gasteiger partial charge in [-0.05, 0) is 25.3 Å². The molecule has 1 aromatic heterocycles. The normalized spacial score (nSPS) is 18.0. The average Bonchev–Trinajstić information content (AvgIpc) is 3.00. The molecule has 1 aliphatic rings. The Bertz CT molecular complexity index is 377. The van der Waals surface area contributed by atoms with E-state index in [2.05, 4.69) is 17.3 Å². The maximum Gasteiger partial charge on any atom is 0.345 e. The van der Waals surface area contributed by atoms with Gasteiger partial charge in [0.2, 0.25) is 0 Å². The molecule has 5 nitrogen and oxygen atoms in total. The molecule has 1 aliphatic carbocycles. The van der Waals surface area contributed by atoms with Crippen LogP contribution in [0.1, 0.15) is 19.8 Å². The highest BCUT2D eigenvalue weighted by atomic mass is 16.2. The Morgan fingerprint density at radius 3 is 2.87 bits per heavy atom. The summed E-state index contributed by atoms with van der Waals surface area (Å²) in [6, 6.07) is 0.405. The number of nitrogens with zero attached hydrogens (tertiary/aromatic N) is 3. The molecule has 2 rings (SSSR count). The van der Waals surface area contributed by atoms with Crippen LogP contribution in [0.2, 0.25) is 0 Å². The average molecular weight is 210 g/mol. The fourth-order valence-electron chi connectivity index (χ4n) is 1.87. The maximum absolute atomic E-state index is 11.6. The van der Waals surface area contributed by atoms with E-state index in [0.29, 0.717) is 12.6 Å². The van der Waals surface area contributed by atoms with Crippen molar-refractivity contribution in [2.45, 2.75) is 32.4 Å². The summed E-state index contributed by atoms with van der Waals surface area (Å²) in [5, 5.41) is 7.50. The second-order valence-corrected chi connectivity index (χ2v) is 4.21. The maximum atomic E-state index is 11.6. The van der Waals surface area contributed by atoms with Crippen LogP contribution in [0.25, 0.3) is 0 Å². The third kappa shape index (κ3) is 2.28. The lowest BCUT2D eigenvalue weighted by Crippen LogP contribution is -2.38. The summed E-state index contributed by atoms with van der Waals surface area (Å²) in [6.45, 7) is 3.73. The van der Waals surface area contributed by atoms with E-state index in [-0.39, 0.29) is 5.69 Å². The Morgan fingerprint density at radius 1 is 1.67 bits per heavy atom. The molecule has 1 heterocycles. The van der Waals surface area contributed by atoms with Crippen LogP contribution in [-0.2, 0) is 13.6 Å². The standard InChI is InChI=1S/C10H18N4O/c1-3-11-9(8-4-5-8)6-14-10(15)13(2)7-12-14/h7-9,11H,3-6H2,1-2H3. The monoisotopic (exact) mass is 210 g/mol. The van der Waals surface area contributed by atoms with Crippen LogP contribution in [0.5, 0.6) is 0 Å². The molecule has 1 aromatic rings. The van der Waals surface area contributed by atoms with Gasteiger partial charge in [-0.1, -0.05) is 6.92 Å². The highest BCUT2D eigenvalue weighted by Crippen LogP contribution is 2.32. The molecule has 0 bridgehead atoms. The van der Waals surface area contributed by atoms with Crippen molar-refractivity contribution in [1.29, 1.82) is 0 Å². The summed E-state index contributed by atoms with van der Waals surface area (Å²) in [6.07, 6.45) is 4.12. The summed E-state index contributed by atoms with van der Waals surface area (Å²) in [5.74, 6) is 0.735. The van der Waals surface area contributed by atoms with Gasteiger partial charge in [-0.3, -0.25) is 4.57 Å². The van der Waals surface area contributed by atoms with Crippen molar-refractivity contribution in [1.82, 2.24) is 19.7 Å². The first kappa shape index (κ1) is 10.4. The van der Waals surface area contributed by atoms with Crippen LogP contribution in [0.4, 0.5) is 0 Å². The van der Waals surface area contributed by atoms with Gasteiger partial charge in [0.05, 0.1) is 6.54 Å². The first-order valence-corrected chi connectivity index (χ1v) is 5.54. The second kappa shape index (κ2) is 4.18. The molecule has 15 heavy (non-hydrogen) atoms. The van der Waals surface area contributed by atoms with Gasteiger partial charge in [-0.15, -0.1) is 0 Å². The van der Waals surface area contributed by atoms with Gasteiger partial charge in [-0.25, -0.2) is 9.48 Å². The molecule has 1 atom stereocenters. The summed E-state index contributed by atoms with van der Waals surface area (Å²) in [4.78, 5) is 11.6. The SMILES string of the molecule is CCNC(Cn1ncn(C)c1=O)C1CC1. The molecule has 0 radical (unpaired) electrons. The predicted molar refractivity (Wildman–Crippen MR) is 57.7 cm³/mol. The van der Waals surface area contributed by atoms with Gasteiger partial charge in [0.15, 0.2) is 0 Å². The smallest absolute Gasteiger partial charge is 0.312 e. The van der Waals surface area contributed by atoms with Crippen molar-refractivity contribution in [2.24, 2.45) is 13.0 Å². The van der Waals surface area contributed by atoms with Crippen molar-refractivity contribution in [3.63, 3.8) is 0 Å². The number of rotatable bonds is 5. The summed E-state index contributed by atoms with van der Waals surface area (Å²) in [7, 11) is 1.73. The molecule has 0 spiro atoms. The van der Waals surface area contributed by atoms with Crippen LogP contribution in [0, 0.1) is 5.92 Å². The molecule has 0 amide bonds. The number of nitrogens with one attached hydrogen (secondary N) is 1. The van der Waals surface area contributed by atoms with Crippen LogP contribution < -0.4 is 11.0 Å². The lowest BCUT2D eigenvalue weighted by molar-refractivity contribution is 0.389. The van der Waals surface area contributed by atoms with E-state index in [1.165, 1.54) is 17.4 Å². The molecule has 1 N–H and O–H groups in total. The molecular formula is C10H18N4O. The summed E-state index contributed by atoms with van der Waals surface area (Å²) < 4.78 is 3.06. The summed E-state index contributed by atoms with van der Waals surface area (Å²) in [5.41, 5.74) is -0.0291. The summed E-state index contributed by atoms with van der Waals surface area (Å²) >= 11 is 0. The fraction of sp³-hybridized carbons (Fsp3) is 0.800. The van der Waals surface area contributed by atoms with E-state index >= 15 is 0 Å². The van der Waals surface area contributed by atoms with Gasteiger partial charge in [-0.2, -0.15) is 5.10 Å². The minimum atomic E-state index is -0.0291. The van der Waals surface area contributed by atoms with Crippen LogP contribution >= 0.6 is 0 Å². The van der Waals surface area contributed by atoms with Crippen LogP contribution in [0.15, 0.2) is 11.1 Å². The Morgan fingerprint density at radius 2 is 2.40 bits per heavy atom.